The molecule has 19 heavy (non-hydrogen) atoms. The van der Waals surface area contributed by atoms with E-state index >= 15 is 0 Å². The summed E-state index contributed by atoms with van der Waals surface area (Å²) >= 11 is 1.59. The molecule has 4 nitrogen and oxygen atoms in total. The van der Waals surface area contributed by atoms with Crippen molar-refractivity contribution in [3.8, 4) is 11.3 Å². The molecule has 0 aromatic carbocycles. The van der Waals surface area contributed by atoms with Gasteiger partial charge in [-0.25, -0.2) is 4.98 Å². The van der Waals surface area contributed by atoms with Crippen molar-refractivity contribution in [2.75, 3.05) is 6.54 Å². The maximum atomic E-state index is 11.5. The van der Waals surface area contributed by atoms with Crippen molar-refractivity contribution >= 4 is 17.2 Å². The van der Waals surface area contributed by atoms with Crippen molar-refractivity contribution in [1.82, 2.24) is 15.3 Å². The predicted octanol–water partition coefficient (Wildman–Crippen LogP) is 2.66. The van der Waals surface area contributed by atoms with Crippen molar-refractivity contribution in [3.05, 3.63) is 34.9 Å². The Balaban J connectivity index is 1.90. The third kappa shape index (κ3) is 4.13. The number of rotatable bonds is 6. The van der Waals surface area contributed by atoms with Crippen molar-refractivity contribution < 1.29 is 4.79 Å². The molecule has 0 atom stereocenters. The average Bonchev–Trinajstić information content (AvgIpc) is 2.93. The lowest BCUT2D eigenvalue weighted by atomic mass is 10.2. The zero-order valence-electron chi connectivity index (χ0n) is 10.9. The average molecular weight is 275 g/mol. The number of nitrogens with zero attached hydrogens (tertiary/aromatic N) is 2. The van der Waals surface area contributed by atoms with E-state index in [0.29, 0.717) is 12.8 Å². The fourth-order valence-electron chi connectivity index (χ4n) is 1.65. The van der Waals surface area contributed by atoms with Gasteiger partial charge in [0.1, 0.15) is 0 Å². The summed E-state index contributed by atoms with van der Waals surface area (Å²) in [6, 6.07) is 3.88. The van der Waals surface area contributed by atoms with Gasteiger partial charge in [-0.2, -0.15) is 0 Å². The molecular weight excluding hydrogens is 258 g/mol. The zero-order chi connectivity index (χ0) is 13.5. The van der Waals surface area contributed by atoms with Crippen LogP contribution >= 0.6 is 11.3 Å². The smallest absolute Gasteiger partial charge is 0.220 e. The van der Waals surface area contributed by atoms with Gasteiger partial charge in [-0.3, -0.25) is 9.78 Å². The number of carbonyl (C=O) groups excluding carboxylic acids is 1. The first kappa shape index (κ1) is 13.7. The van der Waals surface area contributed by atoms with Crippen molar-refractivity contribution in [2.45, 2.75) is 26.2 Å². The lowest BCUT2D eigenvalue weighted by molar-refractivity contribution is -0.121. The highest BCUT2D eigenvalue weighted by atomic mass is 32.1. The van der Waals surface area contributed by atoms with Gasteiger partial charge < -0.3 is 5.32 Å². The molecule has 0 aliphatic heterocycles. The molecule has 0 unspecified atom stereocenters. The Bertz CT molecular complexity index is 524. The van der Waals surface area contributed by atoms with E-state index in [1.165, 1.54) is 0 Å². The highest BCUT2D eigenvalue weighted by molar-refractivity contribution is 7.09. The molecule has 0 aliphatic rings. The highest BCUT2D eigenvalue weighted by Gasteiger charge is 2.07. The minimum atomic E-state index is 0.0972. The van der Waals surface area contributed by atoms with Gasteiger partial charge in [0.2, 0.25) is 5.91 Å². The fraction of sp³-hybridized carbons (Fsp3) is 0.357. The monoisotopic (exact) mass is 275 g/mol. The molecule has 2 heterocycles. The van der Waals surface area contributed by atoms with Crippen LogP contribution in [0.5, 0.6) is 0 Å². The number of hydrogen-bond donors (Lipinski definition) is 1. The second-order valence-electron chi connectivity index (χ2n) is 4.22. The number of amides is 1. The summed E-state index contributed by atoms with van der Waals surface area (Å²) in [6.07, 6.45) is 5.70. The van der Waals surface area contributed by atoms with Gasteiger partial charge >= 0.3 is 0 Å². The second-order valence-corrected chi connectivity index (χ2v) is 5.16. The topological polar surface area (TPSA) is 54.9 Å². The number of nitrogens with one attached hydrogen (secondary N) is 1. The van der Waals surface area contributed by atoms with Crippen LogP contribution < -0.4 is 5.32 Å². The number of aryl methyl sites for hydroxylation is 1. The lowest BCUT2D eigenvalue weighted by Crippen LogP contribution is -2.24. The molecule has 0 saturated heterocycles. The number of hydrogen-bond acceptors (Lipinski definition) is 4. The number of aromatic nitrogens is 2. The summed E-state index contributed by atoms with van der Waals surface area (Å²) in [4.78, 5) is 20.1. The maximum absolute atomic E-state index is 11.5. The van der Waals surface area contributed by atoms with Crippen LogP contribution in [0, 0.1) is 0 Å². The summed E-state index contributed by atoms with van der Waals surface area (Å²) in [5, 5.41) is 5.87. The SMILES string of the molecule is CCCNC(=O)CCc1nc(-c2cccnc2)cs1. The van der Waals surface area contributed by atoms with Crippen molar-refractivity contribution in [2.24, 2.45) is 0 Å². The van der Waals surface area contributed by atoms with Gasteiger partial charge in [0, 0.05) is 42.7 Å². The van der Waals surface area contributed by atoms with Gasteiger partial charge in [-0.1, -0.05) is 6.92 Å². The molecule has 0 radical (unpaired) electrons. The Morgan fingerprint density at radius 1 is 1.47 bits per heavy atom. The largest absolute Gasteiger partial charge is 0.356 e. The summed E-state index contributed by atoms with van der Waals surface area (Å²) in [7, 11) is 0. The molecule has 0 saturated carbocycles. The molecular formula is C14H17N3OS. The van der Waals surface area contributed by atoms with E-state index < -0.39 is 0 Å². The van der Waals surface area contributed by atoms with Crippen LogP contribution in [-0.2, 0) is 11.2 Å². The van der Waals surface area contributed by atoms with Crippen LogP contribution in [0.3, 0.4) is 0 Å². The maximum Gasteiger partial charge on any atom is 0.220 e. The first-order valence-corrected chi connectivity index (χ1v) is 7.29. The molecule has 1 amide bonds. The molecule has 5 heteroatoms. The molecule has 1 N–H and O–H groups in total. The van der Waals surface area contributed by atoms with E-state index in [-0.39, 0.29) is 5.91 Å². The van der Waals surface area contributed by atoms with Gasteiger partial charge in [-0.05, 0) is 18.6 Å². The highest BCUT2D eigenvalue weighted by Crippen LogP contribution is 2.21. The Morgan fingerprint density at radius 3 is 3.11 bits per heavy atom. The summed E-state index contributed by atoms with van der Waals surface area (Å²) < 4.78 is 0. The molecule has 2 aromatic rings. The van der Waals surface area contributed by atoms with Crippen LogP contribution in [0.4, 0.5) is 0 Å². The summed E-state index contributed by atoms with van der Waals surface area (Å²) in [5.41, 5.74) is 1.95. The molecule has 2 rings (SSSR count). The van der Waals surface area contributed by atoms with Crippen LogP contribution in [0.1, 0.15) is 24.8 Å². The molecule has 100 valence electrons. The van der Waals surface area contributed by atoms with Crippen molar-refractivity contribution in [3.63, 3.8) is 0 Å². The van der Waals surface area contributed by atoms with Crippen LogP contribution in [0.25, 0.3) is 11.3 Å². The molecule has 0 bridgehead atoms. The van der Waals surface area contributed by atoms with E-state index in [2.05, 4.69) is 15.3 Å². The van der Waals surface area contributed by atoms with E-state index in [1.54, 1.807) is 23.7 Å². The Labute approximate surface area is 116 Å². The molecule has 0 aliphatic carbocycles. The lowest BCUT2D eigenvalue weighted by Gasteiger charge is -2.01. The molecule has 0 spiro atoms. The summed E-state index contributed by atoms with van der Waals surface area (Å²) in [6.45, 7) is 2.79. The Kier molecular flexibility index (Phi) is 5.03. The number of pyridine rings is 1. The van der Waals surface area contributed by atoms with Crippen LogP contribution in [0.2, 0.25) is 0 Å². The normalized spacial score (nSPS) is 10.4. The van der Waals surface area contributed by atoms with Crippen LogP contribution in [-0.4, -0.2) is 22.4 Å². The number of carbonyl (C=O) groups is 1. The Hall–Kier alpha value is -1.75. The summed E-state index contributed by atoms with van der Waals surface area (Å²) in [5.74, 6) is 0.0972. The standard InChI is InChI=1S/C14H17N3OS/c1-2-7-16-13(18)5-6-14-17-12(10-19-14)11-4-3-8-15-9-11/h3-4,8-10H,2,5-7H2,1H3,(H,16,18). The molecule has 2 aromatic heterocycles. The van der Waals surface area contributed by atoms with Crippen LogP contribution in [0.15, 0.2) is 29.9 Å². The minimum Gasteiger partial charge on any atom is -0.356 e. The minimum absolute atomic E-state index is 0.0972. The van der Waals surface area contributed by atoms with E-state index in [1.807, 2.05) is 24.4 Å². The second kappa shape index (κ2) is 6.99. The number of thiazole rings is 1. The van der Waals surface area contributed by atoms with E-state index in [9.17, 15) is 4.79 Å². The molecule has 0 fully saturated rings. The van der Waals surface area contributed by atoms with Gasteiger partial charge in [0.25, 0.3) is 0 Å². The van der Waals surface area contributed by atoms with E-state index in [0.717, 1.165) is 29.2 Å². The fourth-order valence-corrected chi connectivity index (χ4v) is 2.45. The Morgan fingerprint density at radius 2 is 2.37 bits per heavy atom. The van der Waals surface area contributed by atoms with Gasteiger partial charge in [0.05, 0.1) is 10.7 Å². The first-order valence-electron chi connectivity index (χ1n) is 6.41. The van der Waals surface area contributed by atoms with Gasteiger partial charge in [-0.15, -0.1) is 11.3 Å². The third-order valence-corrected chi connectivity index (χ3v) is 3.56. The predicted molar refractivity (Wildman–Crippen MR) is 77.0 cm³/mol. The van der Waals surface area contributed by atoms with E-state index in [4.69, 9.17) is 0 Å². The third-order valence-electron chi connectivity index (χ3n) is 2.65. The quantitative estimate of drug-likeness (QED) is 0.881. The van der Waals surface area contributed by atoms with Gasteiger partial charge in [0.15, 0.2) is 0 Å². The first-order chi connectivity index (χ1) is 9.29. The van der Waals surface area contributed by atoms with Crippen molar-refractivity contribution in [1.29, 1.82) is 0 Å². The zero-order valence-corrected chi connectivity index (χ0v) is 11.7.